The molecule has 1 aromatic carbocycles. The Morgan fingerprint density at radius 2 is 2.22 bits per heavy atom. The van der Waals surface area contributed by atoms with Crippen molar-refractivity contribution in [1.82, 2.24) is 0 Å². The molecule has 0 fully saturated rings. The molecule has 0 aromatic heterocycles. The summed E-state index contributed by atoms with van der Waals surface area (Å²) in [7, 11) is 1.53. The summed E-state index contributed by atoms with van der Waals surface area (Å²) in [6, 6.07) is 4.28. The number of aliphatic hydroxyl groups is 1. The van der Waals surface area contributed by atoms with Crippen LogP contribution in [0.1, 0.15) is 23.6 Å². The van der Waals surface area contributed by atoms with Crippen molar-refractivity contribution in [3.8, 4) is 0 Å². The van der Waals surface area contributed by atoms with E-state index in [-0.39, 0.29) is 24.7 Å². The maximum Gasteiger partial charge on any atom is 0.274 e. The van der Waals surface area contributed by atoms with E-state index in [1.165, 1.54) is 13.2 Å². The summed E-state index contributed by atoms with van der Waals surface area (Å²) in [6.07, 6.45) is 0.296. The number of hydrogen-bond acceptors (Lipinski definition) is 5. The molecule has 18 heavy (non-hydrogen) atoms. The lowest BCUT2D eigenvalue weighted by atomic mass is 10.0. The molecule has 0 aliphatic rings. The van der Waals surface area contributed by atoms with E-state index in [0.29, 0.717) is 18.6 Å². The summed E-state index contributed by atoms with van der Waals surface area (Å²) in [4.78, 5) is 10.5. The van der Waals surface area contributed by atoms with Crippen LogP contribution in [0.15, 0.2) is 18.2 Å². The van der Waals surface area contributed by atoms with Crippen LogP contribution in [-0.2, 0) is 11.3 Å². The van der Waals surface area contributed by atoms with Gasteiger partial charge in [0.25, 0.3) is 5.69 Å². The van der Waals surface area contributed by atoms with Crippen LogP contribution in [0.4, 0.5) is 5.69 Å². The average molecular weight is 277 g/mol. The Bertz CT molecular complexity index is 401. The van der Waals surface area contributed by atoms with Gasteiger partial charge in [0.1, 0.15) is 0 Å². The zero-order chi connectivity index (χ0) is 12.8. The lowest BCUT2D eigenvalue weighted by Gasteiger charge is -2.11. The van der Waals surface area contributed by atoms with Gasteiger partial charge in [-0.05, 0) is 12.0 Å². The van der Waals surface area contributed by atoms with Gasteiger partial charge < -0.3 is 15.6 Å². The number of ether oxygens (including phenoxy) is 1. The standard InChI is InChI=1S/C11H16N2O4.ClH/c1-17-7-8-2-3-9(10(12)4-5-14)11(6-8)13(15)16;/h2-3,6,10,14H,4-5,7,12H2,1H3;1H. The number of rotatable bonds is 6. The summed E-state index contributed by atoms with van der Waals surface area (Å²) in [5.74, 6) is 0. The first-order chi connectivity index (χ1) is 8.10. The van der Waals surface area contributed by atoms with E-state index < -0.39 is 11.0 Å². The number of nitro benzene ring substituents is 1. The van der Waals surface area contributed by atoms with Crippen LogP contribution in [0.3, 0.4) is 0 Å². The molecule has 102 valence electrons. The smallest absolute Gasteiger partial charge is 0.274 e. The zero-order valence-corrected chi connectivity index (χ0v) is 10.9. The quantitative estimate of drug-likeness (QED) is 0.607. The topological polar surface area (TPSA) is 98.6 Å². The Hall–Kier alpha value is -1.21. The van der Waals surface area contributed by atoms with Crippen LogP contribution in [0.5, 0.6) is 0 Å². The number of methoxy groups -OCH3 is 1. The van der Waals surface area contributed by atoms with E-state index in [1.54, 1.807) is 12.1 Å². The molecule has 0 radical (unpaired) electrons. The molecule has 7 heteroatoms. The van der Waals surface area contributed by atoms with Gasteiger partial charge >= 0.3 is 0 Å². The lowest BCUT2D eigenvalue weighted by Crippen LogP contribution is -2.14. The number of nitro groups is 1. The molecule has 1 rings (SSSR count). The van der Waals surface area contributed by atoms with Crippen LogP contribution in [0.2, 0.25) is 0 Å². The van der Waals surface area contributed by atoms with Crippen molar-refractivity contribution in [2.45, 2.75) is 19.1 Å². The van der Waals surface area contributed by atoms with E-state index in [9.17, 15) is 10.1 Å². The Morgan fingerprint density at radius 3 is 2.72 bits per heavy atom. The van der Waals surface area contributed by atoms with Gasteiger partial charge in [-0.3, -0.25) is 10.1 Å². The fraction of sp³-hybridized carbons (Fsp3) is 0.455. The highest BCUT2D eigenvalue weighted by Gasteiger charge is 2.19. The van der Waals surface area contributed by atoms with Gasteiger partial charge in [-0.1, -0.05) is 12.1 Å². The molecule has 0 aliphatic carbocycles. The number of halogens is 1. The SMILES string of the molecule is COCc1ccc(C(N)CCO)c([N+](=O)[O-])c1.Cl. The number of benzene rings is 1. The summed E-state index contributed by atoms with van der Waals surface area (Å²) in [6.45, 7) is 0.217. The Labute approximate surface area is 111 Å². The molecule has 1 unspecified atom stereocenters. The van der Waals surface area contributed by atoms with Crippen LogP contribution < -0.4 is 5.73 Å². The van der Waals surface area contributed by atoms with Crippen LogP contribution >= 0.6 is 12.4 Å². The number of nitrogens with two attached hydrogens (primary N) is 1. The molecule has 0 saturated carbocycles. The fourth-order valence-corrected chi connectivity index (χ4v) is 1.61. The molecule has 1 atom stereocenters. The van der Waals surface area contributed by atoms with E-state index in [2.05, 4.69) is 0 Å². The van der Waals surface area contributed by atoms with Crippen LogP contribution in [0, 0.1) is 10.1 Å². The largest absolute Gasteiger partial charge is 0.396 e. The molecule has 3 N–H and O–H groups in total. The third kappa shape index (κ3) is 4.23. The Kier molecular flexibility index (Phi) is 7.45. The minimum absolute atomic E-state index is 0. The summed E-state index contributed by atoms with van der Waals surface area (Å²) in [5, 5.41) is 19.7. The lowest BCUT2D eigenvalue weighted by molar-refractivity contribution is -0.385. The third-order valence-corrected chi connectivity index (χ3v) is 2.44. The van der Waals surface area contributed by atoms with Crippen LogP contribution in [0.25, 0.3) is 0 Å². The fourth-order valence-electron chi connectivity index (χ4n) is 1.61. The summed E-state index contributed by atoms with van der Waals surface area (Å²) in [5.41, 5.74) is 6.90. The molecule has 0 amide bonds. The van der Waals surface area contributed by atoms with Crippen molar-refractivity contribution in [2.75, 3.05) is 13.7 Å². The van der Waals surface area contributed by atoms with Gasteiger partial charge in [0, 0.05) is 31.4 Å². The number of aliphatic hydroxyl groups excluding tert-OH is 1. The second-order valence-electron chi connectivity index (χ2n) is 3.70. The summed E-state index contributed by atoms with van der Waals surface area (Å²) >= 11 is 0. The number of nitrogens with zero attached hydrogens (tertiary/aromatic N) is 1. The predicted molar refractivity (Wildman–Crippen MR) is 69.7 cm³/mol. The van der Waals surface area contributed by atoms with Crippen molar-refractivity contribution in [3.05, 3.63) is 39.4 Å². The average Bonchev–Trinajstić information content (AvgIpc) is 2.29. The second kappa shape index (κ2) is 7.99. The molecule has 0 aliphatic heterocycles. The van der Waals surface area contributed by atoms with Crippen molar-refractivity contribution >= 4 is 18.1 Å². The minimum atomic E-state index is -0.531. The zero-order valence-electron chi connectivity index (χ0n) is 10.0. The van der Waals surface area contributed by atoms with Gasteiger partial charge in [0.05, 0.1) is 11.5 Å². The Balaban J connectivity index is 0.00000289. The van der Waals surface area contributed by atoms with E-state index in [0.717, 1.165) is 5.56 Å². The van der Waals surface area contributed by atoms with Gasteiger partial charge in [-0.15, -0.1) is 12.4 Å². The first-order valence-electron chi connectivity index (χ1n) is 5.22. The van der Waals surface area contributed by atoms with E-state index in [4.69, 9.17) is 15.6 Å². The maximum atomic E-state index is 10.9. The third-order valence-electron chi connectivity index (χ3n) is 2.44. The first kappa shape index (κ1) is 16.8. The molecule has 0 bridgehead atoms. The van der Waals surface area contributed by atoms with Crippen LogP contribution in [-0.4, -0.2) is 23.7 Å². The molecule has 0 heterocycles. The van der Waals surface area contributed by atoms with Crippen molar-refractivity contribution < 1.29 is 14.8 Å². The predicted octanol–water partition coefficient (Wildman–Crippen LogP) is 1.55. The van der Waals surface area contributed by atoms with Crippen molar-refractivity contribution in [2.24, 2.45) is 5.73 Å². The Morgan fingerprint density at radius 1 is 1.56 bits per heavy atom. The van der Waals surface area contributed by atoms with E-state index >= 15 is 0 Å². The maximum absolute atomic E-state index is 10.9. The number of hydrogen-bond donors (Lipinski definition) is 2. The normalized spacial score (nSPS) is 11.7. The van der Waals surface area contributed by atoms with Gasteiger partial charge in [-0.2, -0.15) is 0 Å². The monoisotopic (exact) mass is 276 g/mol. The highest BCUT2D eigenvalue weighted by molar-refractivity contribution is 5.85. The van der Waals surface area contributed by atoms with Gasteiger partial charge in [-0.25, -0.2) is 0 Å². The van der Waals surface area contributed by atoms with Crippen molar-refractivity contribution in [1.29, 1.82) is 0 Å². The molecular formula is C11H17ClN2O4. The molecule has 6 nitrogen and oxygen atoms in total. The molecular weight excluding hydrogens is 260 g/mol. The minimum Gasteiger partial charge on any atom is -0.396 e. The van der Waals surface area contributed by atoms with Gasteiger partial charge in [0.2, 0.25) is 0 Å². The highest BCUT2D eigenvalue weighted by atomic mass is 35.5. The summed E-state index contributed by atoms with van der Waals surface area (Å²) < 4.78 is 4.92. The second-order valence-corrected chi connectivity index (χ2v) is 3.70. The van der Waals surface area contributed by atoms with Gasteiger partial charge in [0.15, 0.2) is 0 Å². The first-order valence-corrected chi connectivity index (χ1v) is 5.22. The molecule has 1 aromatic rings. The van der Waals surface area contributed by atoms with Crippen molar-refractivity contribution in [3.63, 3.8) is 0 Å². The van der Waals surface area contributed by atoms with E-state index in [1.807, 2.05) is 0 Å². The highest BCUT2D eigenvalue weighted by Crippen LogP contribution is 2.27. The molecule has 0 saturated heterocycles. The molecule has 0 spiro atoms.